The molecule has 1 unspecified atom stereocenters. The van der Waals surface area contributed by atoms with Crippen molar-refractivity contribution in [1.82, 2.24) is 15.2 Å². The van der Waals surface area contributed by atoms with Crippen molar-refractivity contribution < 1.29 is 0 Å². The first-order chi connectivity index (χ1) is 9.43. The van der Waals surface area contributed by atoms with Gasteiger partial charge in [-0.05, 0) is 43.5 Å². The summed E-state index contributed by atoms with van der Waals surface area (Å²) in [7, 11) is 1.94. The van der Waals surface area contributed by atoms with E-state index < -0.39 is 0 Å². The Morgan fingerprint density at radius 3 is 2.50 bits per heavy atom. The van der Waals surface area contributed by atoms with Crippen LogP contribution in [-0.2, 0) is 13.5 Å². The van der Waals surface area contributed by atoms with E-state index in [0.29, 0.717) is 10.0 Å². The molecule has 0 aliphatic carbocycles. The van der Waals surface area contributed by atoms with Crippen LogP contribution in [0.5, 0.6) is 0 Å². The van der Waals surface area contributed by atoms with Crippen molar-refractivity contribution >= 4 is 23.2 Å². The van der Waals surface area contributed by atoms with Gasteiger partial charge < -0.3 is 0 Å². The van der Waals surface area contributed by atoms with Crippen LogP contribution in [-0.4, -0.2) is 9.78 Å². The highest BCUT2D eigenvalue weighted by atomic mass is 35.5. The second-order valence-electron chi connectivity index (χ2n) is 4.87. The molecule has 0 saturated heterocycles. The fourth-order valence-corrected chi connectivity index (χ4v) is 2.63. The molecule has 1 aromatic carbocycles. The summed E-state index contributed by atoms with van der Waals surface area (Å²) < 4.78 is 1.88. The Morgan fingerprint density at radius 1 is 1.30 bits per heavy atom. The lowest BCUT2D eigenvalue weighted by Crippen LogP contribution is -2.29. The van der Waals surface area contributed by atoms with Crippen molar-refractivity contribution in [1.29, 1.82) is 0 Å². The first kappa shape index (κ1) is 15.3. The highest BCUT2D eigenvalue weighted by Crippen LogP contribution is 2.28. The fraction of sp³-hybridized carbons (Fsp3) is 0.357. The smallest absolute Gasteiger partial charge is 0.0629 e. The van der Waals surface area contributed by atoms with Crippen LogP contribution in [0.1, 0.15) is 28.6 Å². The van der Waals surface area contributed by atoms with Gasteiger partial charge in [-0.25, -0.2) is 0 Å². The first-order valence-electron chi connectivity index (χ1n) is 6.34. The molecular weight excluding hydrogens is 295 g/mol. The lowest BCUT2D eigenvalue weighted by atomic mass is 9.98. The zero-order chi connectivity index (χ0) is 14.9. The second kappa shape index (κ2) is 6.14. The maximum atomic E-state index is 6.07. The number of halogens is 2. The summed E-state index contributed by atoms with van der Waals surface area (Å²) in [6.07, 6.45) is 0.750. The third kappa shape index (κ3) is 2.99. The van der Waals surface area contributed by atoms with Gasteiger partial charge >= 0.3 is 0 Å². The van der Waals surface area contributed by atoms with Crippen LogP contribution >= 0.6 is 23.2 Å². The van der Waals surface area contributed by atoms with E-state index in [0.717, 1.165) is 23.4 Å². The van der Waals surface area contributed by atoms with E-state index in [2.05, 4.69) is 17.4 Å². The van der Waals surface area contributed by atoms with Gasteiger partial charge in [-0.2, -0.15) is 5.10 Å². The van der Waals surface area contributed by atoms with Crippen LogP contribution in [0.15, 0.2) is 18.2 Å². The largest absolute Gasteiger partial charge is 0.272 e. The zero-order valence-electron chi connectivity index (χ0n) is 11.7. The summed E-state index contributed by atoms with van der Waals surface area (Å²) in [6.45, 7) is 4.06. The van der Waals surface area contributed by atoms with E-state index in [1.165, 1.54) is 5.56 Å². The highest BCUT2D eigenvalue weighted by molar-refractivity contribution is 6.42. The minimum Gasteiger partial charge on any atom is -0.272 e. The number of aromatic nitrogens is 2. The normalized spacial score (nSPS) is 12.7. The summed E-state index contributed by atoms with van der Waals surface area (Å²) >= 11 is 12.0. The summed E-state index contributed by atoms with van der Waals surface area (Å²) in [5, 5.41) is 5.50. The molecule has 6 heteroatoms. The van der Waals surface area contributed by atoms with Gasteiger partial charge in [-0.3, -0.25) is 16.0 Å². The van der Waals surface area contributed by atoms with Crippen LogP contribution in [0, 0.1) is 13.8 Å². The molecule has 3 N–H and O–H groups in total. The molecule has 0 saturated carbocycles. The van der Waals surface area contributed by atoms with E-state index in [1.807, 2.05) is 30.8 Å². The molecule has 0 fully saturated rings. The molecule has 108 valence electrons. The van der Waals surface area contributed by atoms with Crippen LogP contribution in [0.2, 0.25) is 10.0 Å². The minimum atomic E-state index is -0.0358. The number of nitrogens with two attached hydrogens (primary N) is 1. The molecule has 1 atom stereocenters. The molecule has 0 aliphatic rings. The number of hydrazine groups is 1. The Kier molecular flexibility index (Phi) is 4.70. The lowest BCUT2D eigenvalue weighted by molar-refractivity contribution is 0.549. The predicted molar refractivity (Wildman–Crippen MR) is 82.9 cm³/mol. The number of benzene rings is 1. The molecular formula is C14H18Cl2N4. The predicted octanol–water partition coefficient (Wildman–Crippen LogP) is 3.09. The summed E-state index contributed by atoms with van der Waals surface area (Å²) in [5.74, 6) is 5.69. The molecule has 0 spiro atoms. The quantitative estimate of drug-likeness (QED) is 0.674. The number of hydrogen-bond donors (Lipinski definition) is 2. The number of nitrogens with zero attached hydrogens (tertiary/aromatic N) is 2. The van der Waals surface area contributed by atoms with Crippen LogP contribution < -0.4 is 11.3 Å². The average Bonchev–Trinajstić information content (AvgIpc) is 2.65. The van der Waals surface area contributed by atoms with Gasteiger partial charge in [-0.15, -0.1) is 0 Å². The Bertz CT molecular complexity index is 622. The Morgan fingerprint density at radius 2 is 2.00 bits per heavy atom. The van der Waals surface area contributed by atoms with Gasteiger partial charge in [-0.1, -0.05) is 29.3 Å². The molecule has 2 rings (SSSR count). The van der Waals surface area contributed by atoms with Gasteiger partial charge in [0.1, 0.15) is 0 Å². The molecule has 1 aromatic heterocycles. The summed E-state index contributed by atoms with van der Waals surface area (Å²) in [5.41, 5.74) is 7.20. The molecule has 0 amide bonds. The van der Waals surface area contributed by atoms with E-state index in [-0.39, 0.29) is 6.04 Å². The molecule has 2 aromatic rings. The van der Waals surface area contributed by atoms with E-state index >= 15 is 0 Å². The molecule has 4 nitrogen and oxygen atoms in total. The average molecular weight is 313 g/mol. The van der Waals surface area contributed by atoms with Crippen molar-refractivity contribution in [3.05, 3.63) is 50.8 Å². The lowest BCUT2D eigenvalue weighted by Gasteiger charge is -2.17. The van der Waals surface area contributed by atoms with E-state index in [9.17, 15) is 0 Å². The van der Waals surface area contributed by atoms with Gasteiger partial charge in [0.15, 0.2) is 0 Å². The van der Waals surface area contributed by atoms with Crippen molar-refractivity contribution in [3.8, 4) is 0 Å². The third-order valence-corrected chi connectivity index (χ3v) is 4.35. The fourth-order valence-electron chi connectivity index (χ4n) is 2.32. The molecule has 0 bridgehead atoms. The minimum absolute atomic E-state index is 0.0358. The van der Waals surface area contributed by atoms with E-state index in [1.54, 1.807) is 6.07 Å². The standard InChI is InChI=1S/C14H18Cl2N4/c1-8-11(9(2)20(3)19-8)7-14(18-17)10-4-5-12(15)13(16)6-10/h4-6,14,18H,7,17H2,1-3H3. The maximum Gasteiger partial charge on any atom is 0.0629 e. The highest BCUT2D eigenvalue weighted by Gasteiger charge is 2.17. The number of rotatable bonds is 4. The third-order valence-electron chi connectivity index (χ3n) is 3.61. The molecule has 1 heterocycles. The SMILES string of the molecule is Cc1nn(C)c(C)c1CC(NN)c1ccc(Cl)c(Cl)c1. The van der Waals surface area contributed by atoms with Crippen LogP contribution in [0.4, 0.5) is 0 Å². The van der Waals surface area contributed by atoms with Crippen molar-refractivity contribution in [2.75, 3.05) is 0 Å². The number of aryl methyl sites for hydroxylation is 2. The van der Waals surface area contributed by atoms with Crippen molar-refractivity contribution in [2.24, 2.45) is 12.9 Å². The van der Waals surface area contributed by atoms with Crippen LogP contribution in [0.3, 0.4) is 0 Å². The van der Waals surface area contributed by atoms with Crippen molar-refractivity contribution in [3.63, 3.8) is 0 Å². The summed E-state index contributed by atoms with van der Waals surface area (Å²) in [6, 6.07) is 5.52. The maximum absolute atomic E-state index is 6.07. The number of nitrogens with one attached hydrogen (secondary N) is 1. The first-order valence-corrected chi connectivity index (χ1v) is 7.09. The Balaban J connectivity index is 2.31. The van der Waals surface area contributed by atoms with Gasteiger partial charge in [0, 0.05) is 12.7 Å². The summed E-state index contributed by atoms with van der Waals surface area (Å²) in [4.78, 5) is 0. The molecule has 0 radical (unpaired) electrons. The van der Waals surface area contributed by atoms with Crippen molar-refractivity contribution in [2.45, 2.75) is 26.3 Å². The zero-order valence-corrected chi connectivity index (χ0v) is 13.3. The van der Waals surface area contributed by atoms with Gasteiger partial charge in [0.2, 0.25) is 0 Å². The Labute approximate surface area is 128 Å². The van der Waals surface area contributed by atoms with Gasteiger partial charge in [0.25, 0.3) is 0 Å². The topological polar surface area (TPSA) is 55.9 Å². The number of hydrogen-bond acceptors (Lipinski definition) is 3. The van der Waals surface area contributed by atoms with Gasteiger partial charge in [0.05, 0.1) is 21.8 Å². The second-order valence-corrected chi connectivity index (χ2v) is 5.68. The van der Waals surface area contributed by atoms with Crippen LogP contribution in [0.25, 0.3) is 0 Å². The Hall–Kier alpha value is -1.07. The molecule has 20 heavy (non-hydrogen) atoms. The van der Waals surface area contributed by atoms with E-state index in [4.69, 9.17) is 29.0 Å². The molecule has 0 aliphatic heterocycles. The monoisotopic (exact) mass is 312 g/mol.